The Morgan fingerprint density at radius 2 is 1.82 bits per heavy atom. The van der Waals surface area contributed by atoms with Crippen LogP contribution in [0.25, 0.3) is 10.8 Å². The summed E-state index contributed by atoms with van der Waals surface area (Å²) in [6.45, 7) is 0.786. The smallest absolute Gasteiger partial charge is 0.219 e. The van der Waals surface area contributed by atoms with Gasteiger partial charge in [0.1, 0.15) is 5.75 Å². The van der Waals surface area contributed by atoms with Crippen LogP contribution in [-0.4, -0.2) is 28.5 Å². The Labute approximate surface area is 164 Å². The van der Waals surface area contributed by atoms with Crippen molar-refractivity contribution in [1.29, 1.82) is 0 Å². The average Bonchev–Trinajstić information content (AvgIpc) is 2.75. The molecule has 1 saturated carbocycles. The molecule has 1 aromatic heterocycles. The molecule has 1 heterocycles. The van der Waals surface area contributed by atoms with Gasteiger partial charge in [0.15, 0.2) is 6.29 Å². The Kier molecular flexibility index (Phi) is 5.65. The van der Waals surface area contributed by atoms with E-state index >= 15 is 0 Å². The minimum atomic E-state index is -0.135. The zero-order valence-corrected chi connectivity index (χ0v) is 15.7. The molecule has 0 aliphatic heterocycles. The van der Waals surface area contributed by atoms with Gasteiger partial charge in [-0.15, -0.1) is 0 Å². The van der Waals surface area contributed by atoms with Gasteiger partial charge in [-0.3, -0.25) is 4.79 Å². The van der Waals surface area contributed by atoms with Crippen LogP contribution in [0.1, 0.15) is 41.6 Å². The molecule has 1 fully saturated rings. The van der Waals surface area contributed by atoms with Crippen molar-refractivity contribution < 1.29 is 14.6 Å². The van der Waals surface area contributed by atoms with Crippen LogP contribution in [0.2, 0.25) is 0 Å². The molecule has 0 bridgehead atoms. The van der Waals surface area contributed by atoms with Crippen molar-refractivity contribution in [3.8, 4) is 11.6 Å². The largest absolute Gasteiger partial charge is 0.438 e. The number of fused-ring (bicyclic) bond motifs is 1. The number of aldehydes is 1. The van der Waals surface area contributed by atoms with Gasteiger partial charge in [0, 0.05) is 35.8 Å². The van der Waals surface area contributed by atoms with Gasteiger partial charge in [-0.25, -0.2) is 4.98 Å². The van der Waals surface area contributed by atoms with E-state index in [9.17, 15) is 9.90 Å². The molecule has 0 saturated heterocycles. The van der Waals surface area contributed by atoms with Gasteiger partial charge in [0.2, 0.25) is 5.88 Å². The molecule has 5 nitrogen and oxygen atoms in total. The third kappa shape index (κ3) is 4.21. The molecule has 0 amide bonds. The lowest BCUT2D eigenvalue weighted by Gasteiger charge is -2.26. The molecule has 3 aromatic rings. The highest BCUT2D eigenvalue weighted by Crippen LogP contribution is 2.31. The van der Waals surface area contributed by atoms with E-state index in [1.165, 1.54) is 11.8 Å². The van der Waals surface area contributed by atoms with E-state index < -0.39 is 0 Å². The van der Waals surface area contributed by atoms with E-state index in [0.29, 0.717) is 17.5 Å². The maximum atomic E-state index is 10.8. The molecule has 144 valence electrons. The zero-order valence-electron chi connectivity index (χ0n) is 15.7. The summed E-state index contributed by atoms with van der Waals surface area (Å²) in [5.41, 5.74) is 1.74. The Morgan fingerprint density at radius 3 is 2.54 bits per heavy atom. The van der Waals surface area contributed by atoms with Gasteiger partial charge in [0.05, 0.1) is 6.10 Å². The molecule has 0 atom stereocenters. The summed E-state index contributed by atoms with van der Waals surface area (Å²) in [5.74, 6) is 1.20. The van der Waals surface area contributed by atoms with Crippen molar-refractivity contribution in [2.24, 2.45) is 0 Å². The number of nitrogens with zero attached hydrogens (tertiary/aromatic N) is 1. The van der Waals surface area contributed by atoms with Crippen molar-refractivity contribution in [3.63, 3.8) is 0 Å². The summed E-state index contributed by atoms with van der Waals surface area (Å²) in [6.07, 6.45) is 5.92. The van der Waals surface area contributed by atoms with Crippen LogP contribution in [0, 0.1) is 0 Å². The van der Waals surface area contributed by atoms with Crippen molar-refractivity contribution in [2.45, 2.75) is 44.4 Å². The SMILES string of the molecule is O=Cc1ccc(Oc2ccc(CNC3CCC(O)CC3)c3ccccc23)nc1. The van der Waals surface area contributed by atoms with Gasteiger partial charge in [-0.1, -0.05) is 30.3 Å². The summed E-state index contributed by atoms with van der Waals surface area (Å²) < 4.78 is 5.98. The molecule has 1 aliphatic rings. The molecule has 2 aromatic carbocycles. The summed E-state index contributed by atoms with van der Waals surface area (Å²) in [6, 6.07) is 16.1. The number of pyridine rings is 1. The van der Waals surface area contributed by atoms with Gasteiger partial charge in [-0.05, 0) is 48.8 Å². The molecule has 4 rings (SSSR count). The molecule has 0 spiro atoms. The maximum absolute atomic E-state index is 10.8. The maximum Gasteiger partial charge on any atom is 0.219 e. The monoisotopic (exact) mass is 376 g/mol. The number of hydrogen-bond acceptors (Lipinski definition) is 5. The topological polar surface area (TPSA) is 71.5 Å². The van der Waals surface area contributed by atoms with E-state index in [1.807, 2.05) is 24.3 Å². The van der Waals surface area contributed by atoms with Crippen molar-refractivity contribution >= 4 is 17.1 Å². The summed E-state index contributed by atoms with van der Waals surface area (Å²) in [4.78, 5) is 15.0. The van der Waals surface area contributed by atoms with Crippen molar-refractivity contribution in [2.75, 3.05) is 0 Å². The lowest BCUT2D eigenvalue weighted by molar-refractivity contribution is 0.112. The minimum Gasteiger partial charge on any atom is -0.438 e. The molecule has 1 aliphatic carbocycles. The van der Waals surface area contributed by atoms with Gasteiger partial charge in [-0.2, -0.15) is 0 Å². The number of benzene rings is 2. The standard InChI is InChI=1S/C23H24N2O3/c26-15-16-5-12-23(25-13-16)28-22-11-6-17(20-3-1-2-4-21(20)22)14-24-18-7-9-19(27)10-8-18/h1-6,11-13,15,18-19,24,27H,7-10,14H2. The second-order valence-electron chi connectivity index (χ2n) is 7.30. The molecule has 5 heteroatoms. The number of ether oxygens (including phenoxy) is 1. The van der Waals surface area contributed by atoms with Crippen LogP contribution in [0.15, 0.2) is 54.7 Å². The minimum absolute atomic E-state index is 0.135. The first-order valence-electron chi connectivity index (χ1n) is 9.74. The number of aliphatic hydroxyl groups excluding tert-OH is 1. The quantitative estimate of drug-likeness (QED) is 0.630. The van der Waals surface area contributed by atoms with E-state index in [1.54, 1.807) is 12.1 Å². The lowest BCUT2D eigenvalue weighted by Crippen LogP contribution is -2.34. The second kappa shape index (κ2) is 8.50. The van der Waals surface area contributed by atoms with Crippen LogP contribution >= 0.6 is 0 Å². The van der Waals surface area contributed by atoms with Gasteiger partial charge >= 0.3 is 0 Å². The van der Waals surface area contributed by atoms with Gasteiger partial charge < -0.3 is 15.2 Å². The van der Waals surface area contributed by atoms with E-state index in [4.69, 9.17) is 4.74 Å². The van der Waals surface area contributed by atoms with E-state index in [2.05, 4.69) is 22.4 Å². The number of rotatable bonds is 6. The van der Waals surface area contributed by atoms with Crippen molar-refractivity contribution in [3.05, 3.63) is 65.9 Å². The van der Waals surface area contributed by atoms with E-state index in [0.717, 1.165) is 55.0 Å². The average molecular weight is 376 g/mol. The van der Waals surface area contributed by atoms with Crippen LogP contribution in [0.3, 0.4) is 0 Å². The first-order valence-corrected chi connectivity index (χ1v) is 9.74. The first-order chi connectivity index (χ1) is 13.7. The Balaban J connectivity index is 1.53. The summed E-state index contributed by atoms with van der Waals surface area (Å²) in [7, 11) is 0. The predicted octanol–water partition coefficient (Wildman–Crippen LogP) is 4.23. The summed E-state index contributed by atoms with van der Waals surface area (Å²) in [5, 5.41) is 15.5. The predicted molar refractivity (Wildman–Crippen MR) is 109 cm³/mol. The summed E-state index contributed by atoms with van der Waals surface area (Å²) >= 11 is 0. The fourth-order valence-corrected chi connectivity index (χ4v) is 3.75. The van der Waals surface area contributed by atoms with Gasteiger partial charge in [0.25, 0.3) is 0 Å². The Hall–Kier alpha value is -2.76. The highest BCUT2D eigenvalue weighted by molar-refractivity contribution is 5.91. The van der Waals surface area contributed by atoms with Crippen LogP contribution in [0.4, 0.5) is 0 Å². The number of hydrogen-bond donors (Lipinski definition) is 2. The molecule has 28 heavy (non-hydrogen) atoms. The second-order valence-corrected chi connectivity index (χ2v) is 7.30. The normalized spacial score (nSPS) is 19.5. The zero-order chi connectivity index (χ0) is 19.3. The lowest BCUT2D eigenvalue weighted by atomic mass is 9.93. The third-order valence-electron chi connectivity index (χ3n) is 5.36. The van der Waals surface area contributed by atoms with Crippen molar-refractivity contribution in [1.82, 2.24) is 10.3 Å². The molecule has 2 N–H and O–H groups in total. The fourth-order valence-electron chi connectivity index (χ4n) is 3.75. The Bertz CT molecular complexity index is 948. The third-order valence-corrected chi connectivity index (χ3v) is 5.36. The Morgan fingerprint density at radius 1 is 1.04 bits per heavy atom. The fraction of sp³-hybridized carbons (Fsp3) is 0.304. The van der Waals surface area contributed by atoms with Crippen LogP contribution in [-0.2, 0) is 6.54 Å². The van der Waals surface area contributed by atoms with Crippen LogP contribution < -0.4 is 10.1 Å². The highest BCUT2D eigenvalue weighted by atomic mass is 16.5. The number of carbonyl (C=O) groups excluding carboxylic acids is 1. The first kappa shape index (κ1) is 18.6. The highest BCUT2D eigenvalue weighted by Gasteiger charge is 2.19. The molecule has 0 radical (unpaired) electrons. The number of carbonyl (C=O) groups is 1. The molecular weight excluding hydrogens is 352 g/mol. The number of nitrogens with one attached hydrogen (secondary N) is 1. The number of aromatic nitrogens is 1. The molecule has 0 unspecified atom stereocenters. The molecular formula is C23H24N2O3. The number of aliphatic hydroxyl groups is 1. The van der Waals surface area contributed by atoms with E-state index in [-0.39, 0.29) is 6.10 Å². The van der Waals surface area contributed by atoms with Crippen LogP contribution in [0.5, 0.6) is 11.6 Å².